The number of likely N-dealkylation sites (tertiary alicyclic amines) is 1. The highest BCUT2D eigenvalue weighted by molar-refractivity contribution is 7.93. The molecule has 1 aliphatic rings. The molecule has 2 amide bonds. The zero-order valence-electron chi connectivity index (χ0n) is 14.0. The number of hydrogen-bond donors (Lipinski definition) is 1. The highest BCUT2D eigenvalue weighted by Gasteiger charge is 2.34. The van der Waals surface area contributed by atoms with Gasteiger partial charge in [-0.2, -0.15) is 0 Å². The number of nitrogens with zero attached hydrogens (tertiary/aromatic N) is 3. The summed E-state index contributed by atoms with van der Waals surface area (Å²) in [6.07, 6.45) is 1.01. The summed E-state index contributed by atoms with van der Waals surface area (Å²) in [5.41, 5.74) is 1.53. The monoisotopic (exact) mass is 374 g/mol. The van der Waals surface area contributed by atoms with Gasteiger partial charge in [0.2, 0.25) is 16.9 Å². The van der Waals surface area contributed by atoms with E-state index in [4.69, 9.17) is 0 Å². The molecule has 1 aromatic heterocycles. The van der Waals surface area contributed by atoms with Crippen LogP contribution in [-0.4, -0.2) is 58.9 Å². The molecule has 2 heterocycles. The molecule has 1 aromatic rings. The SMILES string of the molecule is CC(C)(C)S(=O)(=O)CC(=O)N1CCC(C(=O)Nc2nncs2)CC1. The van der Waals surface area contributed by atoms with Crippen LogP contribution in [0.25, 0.3) is 0 Å². The molecular formula is C14H22N4O4S2. The van der Waals surface area contributed by atoms with Crippen LogP contribution in [0.4, 0.5) is 5.13 Å². The first-order chi connectivity index (χ1) is 11.1. The van der Waals surface area contributed by atoms with Crippen LogP contribution in [0, 0.1) is 5.92 Å². The third-order valence-electron chi connectivity index (χ3n) is 4.06. The molecule has 0 spiro atoms. The van der Waals surface area contributed by atoms with Crippen LogP contribution in [0.5, 0.6) is 0 Å². The number of rotatable bonds is 4. The number of hydrogen-bond acceptors (Lipinski definition) is 7. The summed E-state index contributed by atoms with van der Waals surface area (Å²) >= 11 is 1.24. The number of sulfone groups is 1. The molecular weight excluding hydrogens is 352 g/mol. The molecule has 1 aliphatic heterocycles. The summed E-state index contributed by atoms with van der Waals surface area (Å²) in [4.78, 5) is 25.9. The largest absolute Gasteiger partial charge is 0.342 e. The Hall–Kier alpha value is -1.55. The van der Waals surface area contributed by atoms with Gasteiger partial charge in [-0.3, -0.25) is 9.59 Å². The Balaban J connectivity index is 1.86. The van der Waals surface area contributed by atoms with Crippen LogP contribution >= 0.6 is 11.3 Å². The molecule has 0 aromatic carbocycles. The van der Waals surface area contributed by atoms with Crippen molar-refractivity contribution in [3.8, 4) is 0 Å². The maximum atomic E-state index is 12.2. The highest BCUT2D eigenvalue weighted by Crippen LogP contribution is 2.22. The minimum Gasteiger partial charge on any atom is -0.342 e. The molecule has 10 heteroatoms. The van der Waals surface area contributed by atoms with E-state index in [-0.39, 0.29) is 11.8 Å². The van der Waals surface area contributed by atoms with Crippen molar-refractivity contribution in [2.24, 2.45) is 5.92 Å². The predicted molar refractivity (Wildman–Crippen MR) is 91.4 cm³/mol. The van der Waals surface area contributed by atoms with Gasteiger partial charge in [0.05, 0.1) is 4.75 Å². The fourth-order valence-corrected chi connectivity index (χ4v) is 3.69. The van der Waals surface area contributed by atoms with Gasteiger partial charge in [-0.1, -0.05) is 11.3 Å². The van der Waals surface area contributed by atoms with Gasteiger partial charge in [0.15, 0.2) is 9.84 Å². The molecule has 0 saturated carbocycles. The molecule has 0 aliphatic carbocycles. The maximum Gasteiger partial charge on any atom is 0.237 e. The summed E-state index contributed by atoms with van der Waals surface area (Å²) in [5.74, 6) is -1.23. The molecule has 24 heavy (non-hydrogen) atoms. The first-order valence-electron chi connectivity index (χ1n) is 7.67. The predicted octanol–water partition coefficient (Wildman–Crippen LogP) is 0.928. The Morgan fingerprint density at radius 3 is 2.46 bits per heavy atom. The van der Waals surface area contributed by atoms with Crippen molar-refractivity contribution < 1.29 is 18.0 Å². The first-order valence-corrected chi connectivity index (χ1v) is 10.2. The van der Waals surface area contributed by atoms with Crippen LogP contribution in [0.2, 0.25) is 0 Å². The Kier molecular flexibility index (Phi) is 5.59. The second kappa shape index (κ2) is 7.14. The van der Waals surface area contributed by atoms with Gasteiger partial charge in [-0.15, -0.1) is 10.2 Å². The van der Waals surface area contributed by atoms with Crippen molar-refractivity contribution in [1.29, 1.82) is 0 Å². The lowest BCUT2D eigenvalue weighted by atomic mass is 9.96. The third-order valence-corrected chi connectivity index (χ3v) is 7.15. The number of amides is 2. The molecule has 2 rings (SSSR count). The Morgan fingerprint density at radius 2 is 1.96 bits per heavy atom. The van der Waals surface area contributed by atoms with Crippen LogP contribution in [-0.2, 0) is 19.4 Å². The molecule has 0 radical (unpaired) electrons. The topological polar surface area (TPSA) is 109 Å². The van der Waals surface area contributed by atoms with Crippen molar-refractivity contribution in [3.63, 3.8) is 0 Å². The van der Waals surface area contributed by atoms with Crippen molar-refractivity contribution in [2.45, 2.75) is 38.4 Å². The number of anilines is 1. The lowest BCUT2D eigenvalue weighted by Crippen LogP contribution is -2.45. The highest BCUT2D eigenvalue weighted by atomic mass is 32.2. The fraction of sp³-hybridized carbons (Fsp3) is 0.714. The molecule has 1 fully saturated rings. The van der Waals surface area contributed by atoms with Crippen LogP contribution in [0.1, 0.15) is 33.6 Å². The Bertz CT molecular complexity index is 687. The summed E-state index contributed by atoms with van der Waals surface area (Å²) < 4.78 is 23.3. The minimum absolute atomic E-state index is 0.138. The maximum absolute atomic E-state index is 12.2. The van der Waals surface area contributed by atoms with Gasteiger partial charge in [-0.25, -0.2) is 8.42 Å². The number of piperidine rings is 1. The van der Waals surface area contributed by atoms with Gasteiger partial charge in [0.25, 0.3) is 0 Å². The molecule has 0 unspecified atom stereocenters. The van der Waals surface area contributed by atoms with Crippen LogP contribution in [0.3, 0.4) is 0 Å². The number of nitrogens with one attached hydrogen (secondary N) is 1. The molecule has 0 atom stereocenters. The Labute approximate surface area is 145 Å². The van der Waals surface area contributed by atoms with E-state index in [0.717, 1.165) is 0 Å². The van der Waals surface area contributed by atoms with Gasteiger partial charge >= 0.3 is 0 Å². The first kappa shape index (κ1) is 18.8. The zero-order valence-corrected chi connectivity index (χ0v) is 15.6. The lowest BCUT2D eigenvalue weighted by Gasteiger charge is -2.32. The van der Waals surface area contributed by atoms with Crippen molar-refractivity contribution in [1.82, 2.24) is 15.1 Å². The van der Waals surface area contributed by atoms with Crippen molar-refractivity contribution in [2.75, 3.05) is 24.2 Å². The van der Waals surface area contributed by atoms with Gasteiger partial charge in [0, 0.05) is 19.0 Å². The van der Waals surface area contributed by atoms with E-state index >= 15 is 0 Å². The van der Waals surface area contributed by atoms with E-state index in [1.807, 2.05) is 0 Å². The third kappa shape index (κ3) is 4.50. The van der Waals surface area contributed by atoms with Gasteiger partial charge in [-0.05, 0) is 33.6 Å². The smallest absolute Gasteiger partial charge is 0.237 e. The fourth-order valence-electron chi connectivity index (χ4n) is 2.30. The molecule has 8 nitrogen and oxygen atoms in total. The van der Waals surface area contributed by atoms with Gasteiger partial charge in [0.1, 0.15) is 11.3 Å². The van der Waals surface area contributed by atoms with E-state index < -0.39 is 26.2 Å². The molecule has 1 N–H and O–H groups in total. The second-order valence-corrected chi connectivity index (χ2v) is 10.3. The molecule has 134 valence electrons. The quantitative estimate of drug-likeness (QED) is 0.839. The summed E-state index contributed by atoms with van der Waals surface area (Å²) in [6.45, 7) is 5.51. The average molecular weight is 374 g/mol. The number of aromatic nitrogens is 2. The normalized spacial score (nSPS) is 16.9. The Morgan fingerprint density at radius 1 is 1.33 bits per heavy atom. The summed E-state index contributed by atoms with van der Waals surface area (Å²) in [5, 5.41) is 10.6. The van der Waals surface area contributed by atoms with Crippen LogP contribution < -0.4 is 5.32 Å². The number of carbonyl (C=O) groups excluding carboxylic acids is 2. The lowest BCUT2D eigenvalue weighted by molar-refractivity contribution is -0.132. The van der Waals surface area contributed by atoms with E-state index in [9.17, 15) is 18.0 Å². The summed E-state index contributed by atoms with van der Waals surface area (Å²) in [7, 11) is -3.49. The van der Waals surface area contributed by atoms with Crippen LogP contribution in [0.15, 0.2) is 5.51 Å². The minimum atomic E-state index is -3.49. The molecule has 0 bridgehead atoms. The van der Waals surface area contributed by atoms with E-state index in [0.29, 0.717) is 31.1 Å². The van der Waals surface area contributed by atoms with E-state index in [1.165, 1.54) is 21.7 Å². The van der Waals surface area contributed by atoms with E-state index in [2.05, 4.69) is 15.5 Å². The summed E-state index contributed by atoms with van der Waals surface area (Å²) in [6, 6.07) is 0. The second-order valence-electron chi connectivity index (χ2n) is 6.76. The molecule has 1 saturated heterocycles. The average Bonchev–Trinajstić information content (AvgIpc) is 2.98. The van der Waals surface area contributed by atoms with Crippen molar-refractivity contribution >= 4 is 38.1 Å². The van der Waals surface area contributed by atoms with Gasteiger partial charge < -0.3 is 10.2 Å². The van der Waals surface area contributed by atoms with Crippen molar-refractivity contribution in [3.05, 3.63) is 5.51 Å². The van der Waals surface area contributed by atoms with E-state index in [1.54, 1.807) is 20.8 Å². The zero-order chi connectivity index (χ0) is 18.0. The number of carbonyl (C=O) groups is 2. The standard InChI is InChI=1S/C14H22N4O4S2/c1-14(2,3)24(21,22)8-11(19)18-6-4-10(5-7-18)12(20)16-13-17-15-9-23-13/h9-10H,4-8H2,1-3H3,(H,16,17,20).